The van der Waals surface area contributed by atoms with Crippen molar-refractivity contribution in [2.45, 2.75) is 9.79 Å². The zero-order chi connectivity index (χ0) is 19.8. The van der Waals surface area contributed by atoms with E-state index in [1.165, 1.54) is 42.9 Å². The van der Waals surface area contributed by atoms with Crippen molar-refractivity contribution < 1.29 is 16.8 Å². The van der Waals surface area contributed by atoms with E-state index in [4.69, 9.17) is 0 Å². The normalized spacial score (nSPS) is 12.1. The van der Waals surface area contributed by atoms with Crippen LogP contribution in [0.2, 0.25) is 0 Å². The van der Waals surface area contributed by atoms with Gasteiger partial charge in [0, 0.05) is 11.8 Å². The van der Waals surface area contributed by atoms with Crippen molar-refractivity contribution in [1.82, 2.24) is 13.2 Å². The molecule has 0 unspecified atom stereocenters. The molecule has 4 rings (SSSR count). The molecule has 0 N–H and O–H groups in total. The van der Waals surface area contributed by atoms with Crippen molar-refractivity contribution in [2.24, 2.45) is 0 Å². The average Bonchev–Trinajstić information content (AvgIpc) is 3.39. The quantitative estimate of drug-likeness (QED) is 0.502. The summed E-state index contributed by atoms with van der Waals surface area (Å²) in [5, 5.41) is 3.94. The summed E-state index contributed by atoms with van der Waals surface area (Å²) in [5.41, 5.74) is 0.683. The first-order valence-electron chi connectivity index (χ1n) is 8.24. The van der Waals surface area contributed by atoms with Gasteiger partial charge in [0.15, 0.2) is 0 Å². The molecule has 0 saturated carbocycles. The fourth-order valence-corrected chi connectivity index (χ4v) is 5.30. The van der Waals surface area contributed by atoms with Gasteiger partial charge in [-0.15, -0.1) is 0 Å². The summed E-state index contributed by atoms with van der Waals surface area (Å²) in [6.45, 7) is 0. The maximum absolute atomic E-state index is 12.9. The molecule has 0 amide bonds. The van der Waals surface area contributed by atoms with Gasteiger partial charge in [0.1, 0.15) is 0 Å². The molecule has 2 heterocycles. The van der Waals surface area contributed by atoms with Crippen LogP contribution < -0.4 is 0 Å². The molecule has 7 nitrogen and oxygen atoms in total. The fourth-order valence-electron chi connectivity index (χ4n) is 2.77. The molecule has 28 heavy (non-hydrogen) atoms. The number of benzene rings is 2. The zero-order valence-corrected chi connectivity index (χ0v) is 16.1. The molecule has 0 fully saturated rings. The monoisotopic (exact) mass is 413 g/mol. The van der Waals surface area contributed by atoms with E-state index in [2.05, 4.69) is 5.10 Å². The second-order valence-corrected chi connectivity index (χ2v) is 9.54. The predicted molar refractivity (Wildman–Crippen MR) is 104 cm³/mol. The van der Waals surface area contributed by atoms with Gasteiger partial charge in [-0.05, 0) is 36.4 Å². The molecule has 0 spiro atoms. The predicted octanol–water partition coefficient (Wildman–Crippen LogP) is 2.83. The van der Waals surface area contributed by atoms with E-state index in [1.54, 1.807) is 48.5 Å². The van der Waals surface area contributed by atoms with Gasteiger partial charge in [0.2, 0.25) is 0 Å². The van der Waals surface area contributed by atoms with Crippen molar-refractivity contribution in [3.8, 4) is 11.3 Å². The first kappa shape index (κ1) is 18.2. The van der Waals surface area contributed by atoms with Crippen molar-refractivity contribution in [1.29, 1.82) is 0 Å². The molecular weight excluding hydrogens is 398 g/mol. The van der Waals surface area contributed by atoms with Gasteiger partial charge in [-0.3, -0.25) is 0 Å². The molecule has 0 radical (unpaired) electrons. The van der Waals surface area contributed by atoms with E-state index in [0.717, 1.165) is 8.06 Å². The van der Waals surface area contributed by atoms with Gasteiger partial charge in [-0.1, -0.05) is 36.4 Å². The summed E-state index contributed by atoms with van der Waals surface area (Å²) < 4.78 is 53.2. The van der Waals surface area contributed by atoms with Crippen LogP contribution in [0, 0.1) is 0 Å². The molecule has 2 aromatic carbocycles. The number of nitrogens with zero attached hydrogens (tertiary/aromatic N) is 3. The Morgan fingerprint density at radius 1 is 0.679 bits per heavy atom. The van der Waals surface area contributed by atoms with E-state index in [-0.39, 0.29) is 9.79 Å². The van der Waals surface area contributed by atoms with Crippen LogP contribution in [0.15, 0.2) is 101 Å². The minimum absolute atomic E-state index is 0.0944. The second-order valence-electron chi connectivity index (χ2n) is 5.93. The van der Waals surface area contributed by atoms with Crippen molar-refractivity contribution in [2.75, 3.05) is 0 Å². The molecule has 0 aliphatic heterocycles. The Hall–Kier alpha value is -3.17. The van der Waals surface area contributed by atoms with E-state index in [9.17, 15) is 16.8 Å². The highest BCUT2D eigenvalue weighted by molar-refractivity contribution is 7.90. The van der Waals surface area contributed by atoms with Crippen LogP contribution in [0.3, 0.4) is 0 Å². The van der Waals surface area contributed by atoms with E-state index >= 15 is 0 Å². The SMILES string of the molecule is O=S(=O)(c1ccccc1)n1cc(-c2cccn2S(=O)(=O)c2ccccc2)cn1. The van der Waals surface area contributed by atoms with Crippen LogP contribution >= 0.6 is 0 Å². The van der Waals surface area contributed by atoms with E-state index in [0.29, 0.717) is 11.3 Å². The number of rotatable bonds is 5. The first-order chi connectivity index (χ1) is 13.4. The number of aromatic nitrogens is 3. The molecule has 4 aromatic rings. The Labute approximate surface area is 162 Å². The van der Waals surface area contributed by atoms with Crippen LogP contribution in [0.5, 0.6) is 0 Å². The van der Waals surface area contributed by atoms with Crippen LogP contribution in [0.1, 0.15) is 0 Å². The van der Waals surface area contributed by atoms with Crippen molar-refractivity contribution >= 4 is 20.0 Å². The molecule has 142 valence electrons. The fraction of sp³-hybridized carbons (Fsp3) is 0. The van der Waals surface area contributed by atoms with E-state index < -0.39 is 20.0 Å². The summed E-state index contributed by atoms with van der Waals surface area (Å²) in [6.07, 6.45) is 4.04. The van der Waals surface area contributed by atoms with Crippen LogP contribution in [0.25, 0.3) is 11.3 Å². The second kappa shape index (κ2) is 6.77. The largest absolute Gasteiger partial charge is 0.282 e. The summed E-state index contributed by atoms with van der Waals surface area (Å²) in [6, 6.07) is 19.1. The lowest BCUT2D eigenvalue weighted by molar-refractivity contribution is 0.580. The molecule has 0 atom stereocenters. The highest BCUT2D eigenvalue weighted by atomic mass is 32.2. The van der Waals surface area contributed by atoms with Crippen LogP contribution in [0.4, 0.5) is 0 Å². The van der Waals surface area contributed by atoms with E-state index in [1.807, 2.05) is 0 Å². The maximum atomic E-state index is 12.9. The number of hydrogen-bond donors (Lipinski definition) is 0. The van der Waals surface area contributed by atoms with Crippen molar-refractivity contribution in [3.05, 3.63) is 91.4 Å². The zero-order valence-electron chi connectivity index (χ0n) is 14.5. The third-order valence-electron chi connectivity index (χ3n) is 4.16. The van der Waals surface area contributed by atoms with Gasteiger partial charge in [-0.25, -0.2) is 12.4 Å². The summed E-state index contributed by atoms with van der Waals surface area (Å²) >= 11 is 0. The lowest BCUT2D eigenvalue weighted by Gasteiger charge is -2.09. The molecular formula is C19H15N3O4S2. The van der Waals surface area contributed by atoms with Gasteiger partial charge in [0.05, 0.1) is 27.9 Å². The van der Waals surface area contributed by atoms with Crippen LogP contribution in [-0.4, -0.2) is 30.0 Å². The van der Waals surface area contributed by atoms with Crippen LogP contribution in [-0.2, 0) is 20.0 Å². The summed E-state index contributed by atoms with van der Waals surface area (Å²) in [5.74, 6) is 0. The maximum Gasteiger partial charge on any atom is 0.282 e. The third-order valence-corrected chi connectivity index (χ3v) is 7.42. The highest BCUT2D eigenvalue weighted by Crippen LogP contribution is 2.25. The Balaban J connectivity index is 1.77. The molecule has 2 aromatic heterocycles. The lowest BCUT2D eigenvalue weighted by atomic mass is 10.3. The smallest absolute Gasteiger partial charge is 0.241 e. The molecule has 0 bridgehead atoms. The van der Waals surface area contributed by atoms with Gasteiger partial charge < -0.3 is 0 Å². The molecule has 0 saturated heterocycles. The Bertz CT molecular complexity index is 1320. The molecule has 0 aliphatic carbocycles. The van der Waals surface area contributed by atoms with Gasteiger partial charge in [0.25, 0.3) is 20.0 Å². The van der Waals surface area contributed by atoms with Gasteiger partial charge >= 0.3 is 0 Å². The summed E-state index contributed by atoms with van der Waals surface area (Å²) in [4.78, 5) is 0.230. The third kappa shape index (κ3) is 3.04. The topological polar surface area (TPSA) is 91.0 Å². The highest BCUT2D eigenvalue weighted by Gasteiger charge is 2.22. The Morgan fingerprint density at radius 2 is 1.25 bits per heavy atom. The average molecular weight is 413 g/mol. The lowest BCUT2D eigenvalue weighted by Crippen LogP contribution is -2.14. The minimum Gasteiger partial charge on any atom is -0.241 e. The molecule has 9 heteroatoms. The summed E-state index contributed by atoms with van der Waals surface area (Å²) in [7, 11) is -7.69. The first-order valence-corrected chi connectivity index (χ1v) is 11.1. The standard InChI is InChI=1S/C19H15N3O4S2/c23-27(24,17-8-3-1-4-9-17)21-13-7-12-19(21)16-14-20-22(15-16)28(25,26)18-10-5-2-6-11-18/h1-15H. The van der Waals surface area contributed by atoms with Gasteiger partial charge in [-0.2, -0.15) is 17.6 Å². The molecule has 0 aliphatic rings. The van der Waals surface area contributed by atoms with Crippen molar-refractivity contribution in [3.63, 3.8) is 0 Å². The number of hydrogen-bond acceptors (Lipinski definition) is 5. The minimum atomic E-state index is -3.86. The Morgan fingerprint density at radius 3 is 1.86 bits per heavy atom. The Kier molecular flexibility index (Phi) is 4.40.